The molecule has 0 heterocycles. The predicted octanol–water partition coefficient (Wildman–Crippen LogP) is 3.90. The van der Waals surface area contributed by atoms with Gasteiger partial charge in [-0.3, -0.25) is 9.59 Å². The van der Waals surface area contributed by atoms with Crippen molar-refractivity contribution < 1.29 is 24.5 Å². The molecule has 0 bridgehead atoms. The van der Waals surface area contributed by atoms with Crippen LogP contribution >= 0.6 is 0 Å². The van der Waals surface area contributed by atoms with Gasteiger partial charge >= 0.3 is 5.97 Å². The summed E-state index contributed by atoms with van der Waals surface area (Å²) in [4.78, 5) is 23.5. The van der Waals surface area contributed by atoms with Crippen LogP contribution in [0.5, 0.6) is 0 Å². The molecule has 2 N–H and O–H groups in total. The van der Waals surface area contributed by atoms with Crippen LogP contribution in [0.4, 0.5) is 0 Å². The van der Waals surface area contributed by atoms with Gasteiger partial charge in [-0.1, -0.05) is 43.7 Å². The minimum absolute atomic E-state index is 0.0749. The zero-order valence-electron chi connectivity index (χ0n) is 17.3. The molecule has 0 aliphatic heterocycles. The van der Waals surface area contributed by atoms with Crippen LogP contribution in [0.15, 0.2) is 37.0 Å². The Labute approximate surface area is 169 Å². The molecular weight excluding hydrogens is 356 g/mol. The highest BCUT2D eigenvalue weighted by atomic mass is 16.5. The lowest BCUT2D eigenvalue weighted by atomic mass is 9.88. The van der Waals surface area contributed by atoms with Gasteiger partial charge in [-0.15, -0.1) is 6.58 Å². The van der Waals surface area contributed by atoms with Crippen molar-refractivity contribution in [3.8, 4) is 0 Å². The maximum Gasteiger partial charge on any atom is 0.305 e. The van der Waals surface area contributed by atoms with Gasteiger partial charge in [0.05, 0.1) is 18.3 Å². The summed E-state index contributed by atoms with van der Waals surface area (Å²) in [6.45, 7) is 7.90. The highest BCUT2D eigenvalue weighted by molar-refractivity contribution is 5.84. The number of unbranched alkanes of at least 4 members (excludes halogenated alkanes) is 1. The molecule has 28 heavy (non-hydrogen) atoms. The van der Waals surface area contributed by atoms with Gasteiger partial charge in [0.1, 0.15) is 5.78 Å². The number of esters is 1. The second kappa shape index (κ2) is 12.7. The second-order valence-corrected chi connectivity index (χ2v) is 7.52. The smallest absolute Gasteiger partial charge is 0.305 e. The van der Waals surface area contributed by atoms with E-state index in [0.717, 1.165) is 19.3 Å². The molecule has 4 atom stereocenters. The number of allylic oxidation sites excluding steroid dienone is 2. The fraction of sp³-hybridized carbons (Fsp3) is 0.652. The highest BCUT2D eigenvalue weighted by Crippen LogP contribution is 2.34. The summed E-state index contributed by atoms with van der Waals surface area (Å²) in [5, 5.41) is 20.7. The van der Waals surface area contributed by atoms with Gasteiger partial charge in [0.25, 0.3) is 0 Å². The topological polar surface area (TPSA) is 83.8 Å². The van der Waals surface area contributed by atoms with E-state index in [9.17, 15) is 19.8 Å². The lowest BCUT2D eigenvalue weighted by Gasteiger charge is -2.22. The maximum absolute atomic E-state index is 12.2. The van der Waals surface area contributed by atoms with Crippen LogP contribution in [-0.4, -0.2) is 40.3 Å². The van der Waals surface area contributed by atoms with Crippen LogP contribution in [0.25, 0.3) is 0 Å². The minimum atomic E-state index is -0.937. The molecule has 1 aliphatic rings. The predicted molar refractivity (Wildman–Crippen MR) is 111 cm³/mol. The number of hydrogen-bond donors (Lipinski definition) is 2. The summed E-state index contributed by atoms with van der Waals surface area (Å²) >= 11 is 0. The second-order valence-electron chi connectivity index (χ2n) is 7.52. The maximum atomic E-state index is 12.2. The van der Waals surface area contributed by atoms with Crippen LogP contribution in [0, 0.1) is 11.8 Å². The van der Waals surface area contributed by atoms with E-state index in [-0.39, 0.29) is 30.0 Å². The highest BCUT2D eigenvalue weighted by Gasteiger charge is 2.39. The van der Waals surface area contributed by atoms with Gasteiger partial charge in [-0.25, -0.2) is 0 Å². The standard InChI is InChI=1S/C23H36O5/c1-4-15-23(27,5-2)16-11-13-19-18(20(24)17-21(19)25)12-9-7-8-10-14-22(26)28-6-3/h5,7,9,11,13,18-19,21,25,27H,2,4,6,8,10,12,14-17H2,1,3H3/b9-7-,13-11+/t18-,19-,21-,23?/m1/s1. The normalized spacial score (nSPS) is 24.7. The summed E-state index contributed by atoms with van der Waals surface area (Å²) in [5.74, 6) is -0.577. The molecule has 1 rings (SSSR count). The average Bonchev–Trinajstić information content (AvgIpc) is 2.91. The number of hydrogen-bond acceptors (Lipinski definition) is 5. The largest absolute Gasteiger partial charge is 0.466 e. The van der Waals surface area contributed by atoms with Crippen LogP contribution in [0.3, 0.4) is 0 Å². The first-order valence-electron chi connectivity index (χ1n) is 10.4. The van der Waals surface area contributed by atoms with Gasteiger partial charge in [0.2, 0.25) is 0 Å². The first-order chi connectivity index (χ1) is 13.4. The van der Waals surface area contributed by atoms with Crippen molar-refractivity contribution in [2.24, 2.45) is 11.8 Å². The molecule has 5 heteroatoms. The van der Waals surface area contributed by atoms with Crippen molar-refractivity contribution in [3.05, 3.63) is 37.0 Å². The van der Waals surface area contributed by atoms with Crippen molar-refractivity contribution in [1.82, 2.24) is 0 Å². The molecule has 0 aromatic rings. The van der Waals surface area contributed by atoms with E-state index in [1.807, 2.05) is 31.2 Å². The van der Waals surface area contributed by atoms with Crippen molar-refractivity contribution in [2.75, 3.05) is 6.61 Å². The summed E-state index contributed by atoms with van der Waals surface area (Å²) in [6.07, 6.45) is 13.1. The quantitative estimate of drug-likeness (QED) is 0.282. The Bertz CT molecular complexity index is 565. The van der Waals surface area contributed by atoms with E-state index >= 15 is 0 Å². The Kier molecular flexibility index (Phi) is 11.0. The van der Waals surface area contributed by atoms with Gasteiger partial charge in [-0.05, 0) is 39.0 Å². The Morgan fingerprint density at radius 2 is 2.07 bits per heavy atom. The molecule has 0 aromatic heterocycles. The Hall–Kier alpha value is -1.72. The number of aliphatic hydroxyl groups excluding tert-OH is 1. The van der Waals surface area contributed by atoms with Crippen LogP contribution in [0.1, 0.15) is 65.2 Å². The SMILES string of the molecule is C=CC(O)(C/C=C/[C@H]1[C@H](O)CC(=O)[C@@H]1C/C=C\CCCC(=O)OCC)CCC. The molecule has 0 amide bonds. The van der Waals surface area contributed by atoms with Crippen LogP contribution in [-0.2, 0) is 14.3 Å². The fourth-order valence-electron chi connectivity index (χ4n) is 3.64. The number of carbonyl (C=O) groups excluding carboxylic acids is 2. The summed E-state index contributed by atoms with van der Waals surface area (Å²) in [6, 6.07) is 0. The molecule has 1 unspecified atom stereocenters. The number of ether oxygens (including phenoxy) is 1. The van der Waals surface area contributed by atoms with E-state index in [4.69, 9.17) is 4.74 Å². The molecule has 158 valence electrons. The van der Waals surface area contributed by atoms with Gasteiger partial charge in [0.15, 0.2) is 0 Å². The Balaban J connectivity index is 2.53. The van der Waals surface area contributed by atoms with Crippen molar-refractivity contribution in [2.45, 2.75) is 76.9 Å². The zero-order valence-corrected chi connectivity index (χ0v) is 17.3. The third-order valence-electron chi connectivity index (χ3n) is 5.24. The molecule has 1 saturated carbocycles. The molecule has 1 fully saturated rings. The van der Waals surface area contributed by atoms with Crippen molar-refractivity contribution in [3.63, 3.8) is 0 Å². The first kappa shape index (κ1) is 24.3. The van der Waals surface area contributed by atoms with E-state index in [0.29, 0.717) is 32.3 Å². The van der Waals surface area contributed by atoms with Crippen LogP contribution in [0.2, 0.25) is 0 Å². The van der Waals surface area contributed by atoms with E-state index < -0.39 is 11.7 Å². The molecule has 1 aliphatic carbocycles. The van der Waals surface area contributed by atoms with Crippen LogP contribution < -0.4 is 0 Å². The number of Topliss-reactive ketones (excluding diaryl/α,β-unsaturated/α-hetero) is 1. The molecule has 0 spiro atoms. The molecule has 0 aromatic carbocycles. The summed E-state index contributed by atoms with van der Waals surface area (Å²) in [7, 11) is 0. The number of rotatable bonds is 13. The zero-order chi connectivity index (χ0) is 21.0. The Morgan fingerprint density at radius 3 is 2.71 bits per heavy atom. The summed E-state index contributed by atoms with van der Waals surface area (Å²) in [5.41, 5.74) is -0.937. The first-order valence-corrected chi connectivity index (χ1v) is 10.4. The molecular formula is C23H36O5. The lowest BCUT2D eigenvalue weighted by molar-refractivity contribution is -0.143. The third kappa shape index (κ3) is 8.11. The average molecular weight is 393 g/mol. The van der Waals surface area contributed by atoms with Gasteiger partial charge in [0, 0.05) is 24.7 Å². The third-order valence-corrected chi connectivity index (χ3v) is 5.24. The fourth-order valence-corrected chi connectivity index (χ4v) is 3.64. The lowest BCUT2D eigenvalue weighted by Crippen LogP contribution is -2.24. The van der Waals surface area contributed by atoms with Gasteiger partial charge in [-0.2, -0.15) is 0 Å². The monoisotopic (exact) mass is 392 g/mol. The number of carbonyl (C=O) groups is 2. The van der Waals surface area contributed by atoms with E-state index in [2.05, 4.69) is 6.58 Å². The van der Waals surface area contributed by atoms with E-state index in [1.54, 1.807) is 13.0 Å². The summed E-state index contributed by atoms with van der Waals surface area (Å²) < 4.78 is 4.89. The number of aliphatic hydroxyl groups is 2. The molecule has 5 nitrogen and oxygen atoms in total. The number of ketones is 1. The van der Waals surface area contributed by atoms with Crippen molar-refractivity contribution in [1.29, 1.82) is 0 Å². The van der Waals surface area contributed by atoms with E-state index in [1.165, 1.54) is 0 Å². The molecule has 0 saturated heterocycles. The van der Waals surface area contributed by atoms with Crippen molar-refractivity contribution >= 4 is 11.8 Å². The van der Waals surface area contributed by atoms with Gasteiger partial charge < -0.3 is 14.9 Å². The Morgan fingerprint density at radius 1 is 1.32 bits per heavy atom. The molecule has 0 radical (unpaired) electrons. The minimum Gasteiger partial charge on any atom is -0.466 e.